The van der Waals surface area contributed by atoms with Crippen LogP contribution in [-0.4, -0.2) is 23.9 Å². The molecule has 0 radical (unpaired) electrons. The Morgan fingerprint density at radius 3 is 2.64 bits per heavy atom. The number of benzene rings is 1. The topological polar surface area (TPSA) is 20.3 Å². The first-order valence-electron chi connectivity index (χ1n) is 4.43. The largest absolute Gasteiger partial charge is 0.339 e. The first-order valence-corrected chi connectivity index (χ1v) is 5.88. The molecule has 1 aliphatic heterocycles. The molecule has 14 heavy (non-hydrogen) atoms. The highest BCUT2D eigenvalue weighted by Gasteiger charge is 2.21. The first kappa shape index (κ1) is 10.2. The van der Waals surface area contributed by atoms with Crippen LogP contribution in [0.1, 0.15) is 16.8 Å². The minimum absolute atomic E-state index is 0.0922. The summed E-state index contributed by atoms with van der Waals surface area (Å²) < 4.78 is 0.976. The molecule has 0 saturated carbocycles. The zero-order valence-electron chi connectivity index (χ0n) is 7.46. The Kier molecular flexibility index (Phi) is 2.97. The second-order valence-corrected chi connectivity index (χ2v) is 4.84. The molecule has 1 aromatic carbocycles. The third-order valence-electron chi connectivity index (χ3n) is 2.31. The van der Waals surface area contributed by atoms with E-state index < -0.39 is 0 Å². The van der Waals surface area contributed by atoms with Crippen LogP contribution in [0.25, 0.3) is 0 Å². The molecule has 0 aromatic heterocycles. The van der Waals surface area contributed by atoms with E-state index in [-0.39, 0.29) is 5.91 Å². The number of carbonyl (C=O) groups is 1. The molecule has 4 heteroatoms. The van der Waals surface area contributed by atoms with E-state index in [1.807, 2.05) is 17.0 Å². The Hall–Kier alpha value is -0.290. The summed E-state index contributed by atoms with van der Waals surface area (Å²) in [7, 11) is 0. The van der Waals surface area contributed by atoms with Crippen molar-refractivity contribution in [2.45, 2.75) is 6.42 Å². The fraction of sp³-hybridized carbons (Fsp3) is 0.300. The van der Waals surface area contributed by atoms with Crippen LogP contribution in [0.2, 0.25) is 5.02 Å². The van der Waals surface area contributed by atoms with Gasteiger partial charge < -0.3 is 4.90 Å². The highest BCUT2D eigenvalue weighted by molar-refractivity contribution is 14.1. The van der Waals surface area contributed by atoms with Crippen LogP contribution in [0.4, 0.5) is 0 Å². The summed E-state index contributed by atoms with van der Waals surface area (Å²) in [5.41, 5.74) is 0.690. The summed E-state index contributed by atoms with van der Waals surface area (Å²) in [6, 6.07) is 5.44. The van der Waals surface area contributed by atoms with E-state index in [0.29, 0.717) is 10.6 Å². The first-order chi connectivity index (χ1) is 6.68. The molecular weight excluding hydrogens is 312 g/mol. The van der Waals surface area contributed by atoms with Crippen LogP contribution in [0.15, 0.2) is 18.2 Å². The second-order valence-electron chi connectivity index (χ2n) is 3.27. The lowest BCUT2D eigenvalue weighted by atomic mass is 10.1. The SMILES string of the molecule is O=C(c1ccc(I)c(Cl)c1)N1CCC1. The molecule has 2 nitrogen and oxygen atoms in total. The lowest BCUT2D eigenvalue weighted by Crippen LogP contribution is -2.42. The van der Waals surface area contributed by atoms with E-state index in [1.165, 1.54) is 0 Å². The van der Waals surface area contributed by atoms with Crippen molar-refractivity contribution in [1.29, 1.82) is 0 Å². The number of halogens is 2. The van der Waals surface area contributed by atoms with Crippen molar-refractivity contribution >= 4 is 40.1 Å². The summed E-state index contributed by atoms with van der Waals surface area (Å²) in [6.07, 6.45) is 1.11. The average Bonchev–Trinajstić information content (AvgIpc) is 2.06. The zero-order valence-corrected chi connectivity index (χ0v) is 10.4. The van der Waals surface area contributed by atoms with Crippen LogP contribution in [0.3, 0.4) is 0 Å². The van der Waals surface area contributed by atoms with Crippen LogP contribution in [0, 0.1) is 3.57 Å². The normalized spacial score (nSPS) is 15.1. The van der Waals surface area contributed by atoms with Crippen molar-refractivity contribution in [3.63, 3.8) is 0 Å². The van der Waals surface area contributed by atoms with E-state index in [4.69, 9.17) is 11.6 Å². The summed E-state index contributed by atoms with van der Waals surface area (Å²) >= 11 is 8.09. The molecule has 1 aliphatic rings. The molecule has 74 valence electrons. The molecule has 0 bridgehead atoms. The van der Waals surface area contributed by atoms with E-state index in [1.54, 1.807) is 6.07 Å². The van der Waals surface area contributed by atoms with Crippen molar-refractivity contribution in [1.82, 2.24) is 4.90 Å². The van der Waals surface area contributed by atoms with Crippen LogP contribution >= 0.6 is 34.2 Å². The van der Waals surface area contributed by atoms with Gasteiger partial charge in [0, 0.05) is 22.2 Å². The monoisotopic (exact) mass is 321 g/mol. The molecule has 0 unspecified atom stereocenters. The molecule has 0 aliphatic carbocycles. The Morgan fingerprint density at radius 1 is 1.43 bits per heavy atom. The Balaban J connectivity index is 2.23. The van der Waals surface area contributed by atoms with Gasteiger partial charge in [-0.2, -0.15) is 0 Å². The Morgan fingerprint density at radius 2 is 2.14 bits per heavy atom. The lowest BCUT2D eigenvalue weighted by Gasteiger charge is -2.30. The van der Waals surface area contributed by atoms with Crippen molar-refractivity contribution in [3.05, 3.63) is 32.4 Å². The number of carbonyl (C=O) groups excluding carboxylic acids is 1. The van der Waals surface area contributed by atoms with Gasteiger partial charge in [-0.3, -0.25) is 4.79 Å². The van der Waals surface area contributed by atoms with Crippen molar-refractivity contribution < 1.29 is 4.79 Å². The molecule has 1 amide bonds. The van der Waals surface area contributed by atoms with Gasteiger partial charge >= 0.3 is 0 Å². The summed E-state index contributed by atoms with van der Waals surface area (Å²) in [6.45, 7) is 1.75. The molecule has 0 atom stereocenters. The molecule has 0 N–H and O–H groups in total. The summed E-state index contributed by atoms with van der Waals surface area (Å²) in [5, 5.41) is 0.650. The minimum Gasteiger partial charge on any atom is -0.339 e. The quantitative estimate of drug-likeness (QED) is 0.728. The molecule has 0 spiro atoms. The van der Waals surface area contributed by atoms with E-state index in [0.717, 1.165) is 23.1 Å². The number of likely N-dealkylation sites (tertiary alicyclic amines) is 1. The average molecular weight is 322 g/mol. The summed E-state index contributed by atoms with van der Waals surface area (Å²) in [4.78, 5) is 13.6. The van der Waals surface area contributed by atoms with Crippen LogP contribution in [-0.2, 0) is 0 Å². The Labute approximate surface area is 101 Å². The van der Waals surface area contributed by atoms with Crippen LogP contribution in [0.5, 0.6) is 0 Å². The maximum atomic E-state index is 11.8. The van der Waals surface area contributed by atoms with Gasteiger partial charge in [-0.15, -0.1) is 0 Å². The molecule has 1 fully saturated rings. The molecule has 1 heterocycles. The van der Waals surface area contributed by atoms with Crippen molar-refractivity contribution in [2.24, 2.45) is 0 Å². The maximum Gasteiger partial charge on any atom is 0.253 e. The molecule has 1 saturated heterocycles. The third kappa shape index (κ3) is 1.88. The third-order valence-corrected chi connectivity index (χ3v) is 3.88. The molecule has 1 aromatic rings. The van der Waals surface area contributed by atoms with E-state index >= 15 is 0 Å². The standard InChI is InChI=1S/C10H9ClINO/c11-8-6-7(2-3-9(8)12)10(14)13-4-1-5-13/h2-3,6H,1,4-5H2. The second kappa shape index (κ2) is 4.06. The summed E-state index contributed by atoms with van der Waals surface area (Å²) in [5.74, 6) is 0.0922. The van der Waals surface area contributed by atoms with Crippen LogP contribution < -0.4 is 0 Å². The van der Waals surface area contributed by atoms with Gasteiger partial charge in [-0.05, 0) is 47.2 Å². The van der Waals surface area contributed by atoms with Gasteiger partial charge in [0.05, 0.1) is 5.02 Å². The minimum atomic E-state index is 0.0922. The fourth-order valence-corrected chi connectivity index (χ4v) is 1.85. The van der Waals surface area contributed by atoms with Gasteiger partial charge in [-0.1, -0.05) is 11.6 Å². The molecular formula is C10H9ClINO. The zero-order chi connectivity index (χ0) is 10.1. The number of hydrogen-bond acceptors (Lipinski definition) is 1. The smallest absolute Gasteiger partial charge is 0.253 e. The highest BCUT2D eigenvalue weighted by Crippen LogP contribution is 2.21. The fourth-order valence-electron chi connectivity index (χ4n) is 1.33. The van der Waals surface area contributed by atoms with Gasteiger partial charge in [-0.25, -0.2) is 0 Å². The number of amides is 1. The van der Waals surface area contributed by atoms with Gasteiger partial charge in [0.15, 0.2) is 0 Å². The van der Waals surface area contributed by atoms with E-state index in [2.05, 4.69) is 22.6 Å². The number of nitrogens with zero attached hydrogens (tertiary/aromatic N) is 1. The van der Waals surface area contributed by atoms with Crippen molar-refractivity contribution in [3.8, 4) is 0 Å². The highest BCUT2D eigenvalue weighted by atomic mass is 127. The van der Waals surface area contributed by atoms with Gasteiger partial charge in [0.2, 0.25) is 0 Å². The number of hydrogen-bond donors (Lipinski definition) is 0. The Bertz CT molecular complexity index is 376. The predicted octanol–water partition coefficient (Wildman–Crippen LogP) is 2.79. The predicted molar refractivity (Wildman–Crippen MR) is 64.7 cm³/mol. The van der Waals surface area contributed by atoms with Gasteiger partial charge in [0.1, 0.15) is 0 Å². The lowest BCUT2D eigenvalue weighted by molar-refractivity contribution is 0.0652. The van der Waals surface area contributed by atoms with Gasteiger partial charge in [0.25, 0.3) is 5.91 Å². The van der Waals surface area contributed by atoms with E-state index in [9.17, 15) is 4.79 Å². The maximum absolute atomic E-state index is 11.8. The van der Waals surface area contributed by atoms with Crippen molar-refractivity contribution in [2.75, 3.05) is 13.1 Å². The molecule has 2 rings (SSSR count). The number of rotatable bonds is 1.